The summed E-state index contributed by atoms with van der Waals surface area (Å²) in [6.07, 6.45) is 6.76. The summed E-state index contributed by atoms with van der Waals surface area (Å²) < 4.78 is 37.7. The third-order valence-electron chi connectivity index (χ3n) is 18.7. The van der Waals surface area contributed by atoms with Crippen molar-refractivity contribution in [3.05, 3.63) is 249 Å². The average Bonchev–Trinajstić information content (AvgIpc) is 0.793. The number of aromatic hydroxyl groups is 1. The molecule has 13 rings (SSSR count). The van der Waals surface area contributed by atoms with Gasteiger partial charge in [0, 0.05) is 133 Å². The number of piperazine rings is 3. The minimum absolute atomic E-state index is 0. The molecule has 0 saturated carbocycles. The molecule has 8 aromatic carbocycles. The number of phenolic OH excluding ortho intramolecular Hbond substituents is 1. The Morgan fingerprint density at radius 3 is 1.31 bits per heavy atom. The molecular weight excluding hydrogens is 1550 g/mol. The summed E-state index contributed by atoms with van der Waals surface area (Å²) in [5.41, 5.74) is 8.45. The fraction of sp³-hybridized carbons (Fsp3) is 0.417. The molecule has 8 aromatic rings. The van der Waals surface area contributed by atoms with Crippen molar-refractivity contribution in [1.29, 1.82) is 0 Å². The van der Waals surface area contributed by atoms with Crippen molar-refractivity contribution >= 4 is 96.4 Å². The number of anilines is 3. The van der Waals surface area contributed by atoms with E-state index in [9.17, 15) is 9.90 Å². The predicted octanol–water partition coefficient (Wildman–Crippen LogP) is 16.4. The van der Waals surface area contributed by atoms with Gasteiger partial charge in [0.05, 0.1) is 37.9 Å². The Labute approximate surface area is 711 Å². The molecule has 0 amide bonds. The van der Waals surface area contributed by atoms with Crippen LogP contribution in [0.1, 0.15) is 114 Å². The van der Waals surface area contributed by atoms with E-state index in [0.29, 0.717) is 43.7 Å². The molecule has 107 heavy (non-hydrogen) atoms. The van der Waals surface area contributed by atoms with Crippen LogP contribution in [-0.4, -0.2) is 153 Å². The normalized spacial score (nSPS) is 21.2. The molecule has 0 bridgehead atoms. The maximum absolute atomic E-state index is 9.71. The van der Waals surface area contributed by atoms with Gasteiger partial charge >= 0.3 is 56.8 Å². The first-order valence-electron chi connectivity index (χ1n) is 36.7. The van der Waals surface area contributed by atoms with Crippen LogP contribution >= 0.6 is 73.9 Å². The molecule has 0 aliphatic carbocycles. The first kappa shape index (κ1) is 87.8. The minimum atomic E-state index is -0.873. The monoisotopic (exact) mass is 1650 g/mol. The molecule has 3 unspecified atom stereocenters. The molecule has 572 valence electrons. The van der Waals surface area contributed by atoms with Crippen LogP contribution < -0.4 is 80.9 Å². The zero-order valence-corrected chi connectivity index (χ0v) is 70.5. The van der Waals surface area contributed by atoms with E-state index in [4.69, 9.17) is 91.5 Å². The van der Waals surface area contributed by atoms with Gasteiger partial charge in [0.1, 0.15) is 30.5 Å². The van der Waals surface area contributed by atoms with E-state index in [0.717, 1.165) is 129 Å². The molecule has 9 atom stereocenters. The number of benzene rings is 8. The van der Waals surface area contributed by atoms with E-state index in [1.807, 2.05) is 60.7 Å². The Kier molecular flexibility index (Phi) is 39.1. The van der Waals surface area contributed by atoms with Gasteiger partial charge in [-0.1, -0.05) is 159 Å². The average molecular weight is 1650 g/mol. The number of nitrogens with one attached hydrogen (secondary N) is 1. The third-order valence-corrected chi connectivity index (χ3v) is 20.0. The fourth-order valence-electron chi connectivity index (χ4n) is 13.9. The van der Waals surface area contributed by atoms with E-state index in [1.165, 1.54) is 65.4 Å². The topological polar surface area (TPSA) is 150 Å². The number of alkyl halides is 2. The number of halogens is 6. The maximum Gasteiger partial charge on any atom is 1.00 e. The van der Waals surface area contributed by atoms with Crippen molar-refractivity contribution in [2.75, 3.05) is 106 Å². The number of aliphatic hydroxyl groups is 1. The summed E-state index contributed by atoms with van der Waals surface area (Å²) in [4.78, 5) is 22.2. The van der Waals surface area contributed by atoms with Crippen LogP contribution in [0.15, 0.2) is 206 Å². The molecule has 5 fully saturated rings. The summed E-state index contributed by atoms with van der Waals surface area (Å²) in [7, 11) is 0. The summed E-state index contributed by atoms with van der Waals surface area (Å²) >= 11 is 31.6. The molecule has 5 aliphatic heterocycles. The van der Waals surface area contributed by atoms with Gasteiger partial charge in [0.2, 0.25) is 0 Å². The molecule has 0 spiro atoms. The van der Waals surface area contributed by atoms with Gasteiger partial charge in [-0.25, -0.2) is 4.79 Å². The second kappa shape index (κ2) is 47.6. The van der Waals surface area contributed by atoms with Gasteiger partial charge in [-0.2, -0.15) is 0 Å². The van der Waals surface area contributed by atoms with Crippen molar-refractivity contribution in [3.63, 3.8) is 0 Å². The first-order chi connectivity index (χ1) is 51.5. The molecule has 0 aromatic heterocycles. The quantitative estimate of drug-likeness (QED) is 0.0255. The second-order valence-corrected chi connectivity index (χ2v) is 29.9. The Morgan fingerprint density at radius 1 is 0.523 bits per heavy atom. The van der Waals surface area contributed by atoms with Gasteiger partial charge in [0.25, 0.3) is 0 Å². The number of hydrogen-bond acceptors (Lipinski definition) is 16. The van der Waals surface area contributed by atoms with Gasteiger partial charge in [-0.05, 0) is 203 Å². The largest absolute Gasteiger partial charge is 1.00 e. The standard InChI is InChI=1S/C31H37ClN2O3.C24H25ClN2O.C19H23ClN2O2.C7H13BrO2.C3H4Cl2O2.K.H/c1-24-21-33(22-25-7-3-2-4-8-25)23-30(26-10-12-27(32)13-11-26)34(24)28-14-16-29(17-15-28)35-19-20-37-31-9-5-6-18-36-31;1-18-15-26(16-19-5-3-2-4-6-19)17-24(20-7-9-21(25)10-8-20)27(18)22-11-13-23(28)14-12-22;1-14-12-21-13-19(15-2-4-16(20)5-3-15)22(14)17-6-8-18(9-7-17)24-11-10-23;8-4-6-10-7-3-1-2-5-9-7;1-2(4)7-3(5)6;;/h2-4,7-8,10-17,24,30-31H,5-6,9,18-23H2,1H3;2-14,18,24,28H,15-17H2,1H3;2-9,14,19,21,23H,10-13H2,1H3;7H,1-6H2;2H,1H3;;/q;;;;;+1;-1/t24-,30+,31?;18-,24+;14-,19+;;;;/m111..../s1. The van der Waals surface area contributed by atoms with Crippen LogP contribution in [0, 0.1) is 0 Å². The van der Waals surface area contributed by atoms with Crippen LogP contribution in [0.2, 0.25) is 15.1 Å². The third kappa shape index (κ3) is 29.4. The van der Waals surface area contributed by atoms with Gasteiger partial charge in [-0.15, -0.1) is 0 Å². The van der Waals surface area contributed by atoms with Gasteiger partial charge < -0.3 is 64.8 Å². The van der Waals surface area contributed by atoms with Gasteiger partial charge in [-0.3, -0.25) is 9.80 Å². The summed E-state index contributed by atoms with van der Waals surface area (Å²) in [6, 6.07) is 71.8. The molecule has 3 N–H and O–H groups in total. The Morgan fingerprint density at radius 2 is 0.925 bits per heavy atom. The molecule has 5 heterocycles. The molecule has 16 nitrogen and oxygen atoms in total. The SMILES string of the molecule is BrCCOC1CCCCO1.CC(Cl)OC(=O)Cl.C[C@@H]1CN(Cc2ccccc2)C[C@@H](c2ccc(Cl)cc2)N1c1ccc(O)cc1.C[C@@H]1CN(Cc2ccccc2)C[C@@H](c2ccc(Cl)cc2)N1c1ccc(OCCOC2CCCCO2)cc1.C[C@@H]1CNC[C@@H](c2ccc(Cl)cc2)N1c1ccc(OCCO)cc1.[H-].[K+]. The number of ether oxygens (including phenoxy) is 7. The van der Waals surface area contributed by atoms with Crippen molar-refractivity contribution in [2.45, 2.75) is 134 Å². The van der Waals surface area contributed by atoms with Crippen molar-refractivity contribution < 1.29 is 101 Å². The maximum atomic E-state index is 9.71. The second-order valence-electron chi connectivity index (χ2n) is 26.8. The zero-order valence-electron chi connectivity index (χ0n) is 63.0. The Balaban J connectivity index is 0.000000205. The Bertz CT molecular complexity index is 3760. The van der Waals surface area contributed by atoms with Crippen LogP contribution in [0.5, 0.6) is 17.2 Å². The molecular formula is C84H103BrCl5KN6O10. The zero-order chi connectivity index (χ0) is 75.0. The number of carbonyl (C=O) groups is 1. The number of carbonyl (C=O) groups excluding carboxylic acids is 1. The van der Waals surface area contributed by atoms with Crippen LogP contribution in [0.4, 0.5) is 21.9 Å². The smallest absolute Gasteiger partial charge is 1.00 e. The number of aliphatic hydroxyl groups excluding tert-OH is 1. The number of nitrogens with zero attached hydrogens (tertiary/aromatic N) is 5. The molecule has 23 heteroatoms. The van der Waals surface area contributed by atoms with E-state index >= 15 is 0 Å². The molecule has 5 aliphatic rings. The van der Waals surface area contributed by atoms with Gasteiger partial charge in [0.15, 0.2) is 18.1 Å². The van der Waals surface area contributed by atoms with E-state index < -0.39 is 11.0 Å². The van der Waals surface area contributed by atoms with Crippen molar-refractivity contribution in [3.8, 4) is 17.2 Å². The number of phenols is 1. The fourth-order valence-corrected chi connectivity index (χ4v) is 14.8. The van der Waals surface area contributed by atoms with E-state index in [2.05, 4.69) is 205 Å². The summed E-state index contributed by atoms with van der Waals surface area (Å²) in [5, 5.41) is 25.2. The Hall–Kier alpha value is -4.72. The number of hydrogen-bond donors (Lipinski definition) is 3. The van der Waals surface area contributed by atoms with Crippen molar-refractivity contribution in [1.82, 2.24) is 15.1 Å². The summed E-state index contributed by atoms with van der Waals surface area (Å²) in [6.45, 7) is 19.7. The first-order valence-corrected chi connectivity index (χ1v) is 39.8. The van der Waals surface area contributed by atoms with Crippen LogP contribution in [0.3, 0.4) is 0 Å². The minimum Gasteiger partial charge on any atom is -1.00 e. The van der Waals surface area contributed by atoms with Crippen LogP contribution in [0.25, 0.3) is 0 Å². The van der Waals surface area contributed by atoms with E-state index in [1.54, 1.807) is 12.1 Å². The molecule has 5 saturated heterocycles. The van der Waals surface area contributed by atoms with Crippen molar-refractivity contribution in [2.24, 2.45) is 0 Å². The van der Waals surface area contributed by atoms with Crippen LogP contribution in [-0.2, 0) is 36.8 Å². The van der Waals surface area contributed by atoms with E-state index in [-0.39, 0.29) is 90.1 Å². The number of rotatable bonds is 22. The summed E-state index contributed by atoms with van der Waals surface area (Å²) in [5.74, 6) is 1.93. The predicted molar refractivity (Wildman–Crippen MR) is 435 cm³/mol. The molecule has 0 radical (unpaired) electrons.